The van der Waals surface area contributed by atoms with Crippen LogP contribution in [0.15, 0.2) is 0 Å². The van der Waals surface area contributed by atoms with Crippen LogP contribution in [0, 0.1) is 11.8 Å². The van der Waals surface area contributed by atoms with Crippen LogP contribution in [0.5, 0.6) is 0 Å². The third kappa shape index (κ3) is 5.56. The second-order valence-electron chi connectivity index (χ2n) is 6.28. The molecule has 0 aromatic carbocycles. The predicted molar refractivity (Wildman–Crippen MR) is 83.2 cm³/mol. The lowest BCUT2D eigenvalue weighted by Crippen LogP contribution is -2.53. The Morgan fingerprint density at radius 1 is 1.38 bits per heavy atom. The van der Waals surface area contributed by atoms with Crippen molar-refractivity contribution in [2.45, 2.75) is 65.3 Å². The molecule has 3 atom stereocenters. The van der Waals surface area contributed by atoms with E-state index in [2.05, 4.69) is 19.2 Å². The molecule has 122 valence electrons. The Morgan fingerprint density at radius 3 is 2.67 bits per heavy atom. The molecule has 1 rings (SSSR count). The number of nitrogens with zero attached hydrogens (tertiary/aromatic N) is 1. The number of urea groups is 1. The number of carboxylic acid groups (broad SMARTS) is 1. The fraction of sp³-hybridized carbons (Fsp3) is 0.875. The van der Waals surface area contributed by atoms with Gasteiger partial charge in [-0.25, -0.2) is 9.59 Å². The van der Waals surface area contributed by atoms with E-state index in [0.717, 1.165) is 25.7 Å². The number of amides is 2. The van der Waals surface area contributed by atoms with E-state index in [1.54, 1.807) is 0 Å². The van der Waals surface area contributed by atoms with Crippen molar-refractivity contribution in [3.8, 4) is 0 Å². The molecule has 21 heavy (non-hydrogen) atoms. The van der Waals surface area contributed by atoms with Crippen molar-refractivity contribution in [2.75, 3.05) is 13.1 Å². The summed E-state index contributed by atoms with van der Waals surface area (Å²) in [5.74, 6) is -0.0429. The Labute approximate surface area is 128 Å². The van der Waals surface area contributed by atoms with Gasteiger partial charge < -0.3 is 15.3 Å². The molecule has 2 amide bonds. The van der Waals surface area contributed by atoms with Crippen LogP contribution >= 0.6 is 0 Å². The van der Waals surface area contributed by atoms with Crippen molar-refractivity contribution >= 4 is 12.0 Å². The maximum Gasteiger partial charge on any atom is 0.326 e. The molecule has 1 aliphatic heterocycles. The fourth-order valence-electron chi connectivity index (χ4n) is 2.90. The Balaban J connectivity index is 2.50. The standard InChI is InChI=1S/C16H30N2O3/c1-4-6-7-13(5-2)11-17-16(21)18-9-8-12(3)10-14(18)15(19)20/h12-14H,4-11H2,1-3H3,(H,17,21)(H,19,20). The number of unbranched alkanes of at least 4 members (excludes halogenated alkanes) is 1. The normalized spacial score (nSPS) is 23.7. The first-order valence-electron chi connectivity index (χ1n) is 8.26. The number of nitrogens with one attached hydrogen (secondary N) is 1. The smallest absolute Gasteiger partial charge is 0.326 e. The zero-order valence-electron chi connectivity index (χ0n) is 13.6. The van der Waals surface area contributed by atoms with Crippen molar-refractivity contribution < 1.29 is 14.7 Å². The topological polar surface area (TPSA) is 69.6 Å². The maximum absolute atomic E-state index is 12.3. The number of likely N-dealkylation sites (tertiary alicyclic amines) is 1. The van der Waals surface area contributed by atoms with E-state index in [-0.39, 0.29) is 6.03 Å². The number of carboxylic acids is 1. The molecule has 0 saturated carbocycles. The van der Waals surface area contributed by atoms with E-state index in [0.29, 0.717) is 31.3 Å². The van der Waals surface area contributed by atoms with Gasteiger partial charge in [0.05, 0.1) is 0 Å². The highest BCUT2D eigenvalue weighted by molar-refractivity contribution is 5.82. The molecule has 0 aromatic heterocycles. The molecule has 1 saturated heterocycles. The van der Waals surface area contributed by atoms with Gasteiger partial charge in [0.25, 0.3) is 0 Å². The Bertz CT molecular complexity index is 346. The van der Waals surface area contributed by atoms with Crippen LogP contribution in [0.25, 0.3) is 0 Å². The van der Waals surface area contributed by atoms with E-state index < -0.39 is 12.0 Å². The number of carbonyl (C=O) groups excluding carboxylic acids is 1. The number of aliphatic carboxylic acids is 1. The van der Waals surface area contributed by atoms with Gasteiger partial charge in [-0.15, -0.1) is 0 Å². The van der Waals surface area contributed by atoms with Gasteiger partial charge in [-0.1, -0.05) is 40.0 Å². The fourth-order valence-corrected chi connectivity index (χ4v) is 2.90. The van der Waals surface area contributed by atoms with Crippen LogP contribution in [-0.4, -0.2) is 41.1 Å². The van der Waals surface area contributed by atoms with Crippen molar-refractivity contribution in [1.82, 2.24) is 10.2 Å². The molecule has 0 bridgehead atoms. The molecule has 2 N–H and O–H groups in total. The summed E-state index contributed by atoms with van der Waals surface area (Å²) in [5, 5.41) is 12.2. The second kappa shape index (κ2) is 8.90. The Hall–Kier alpha value is -1.26. The highest BCUT2D eigenvalue weighted by Gasteiger charge is 2.34. The first kappa shape index (κ1) is 17.8. The number of rotatable bonds is 7. The van der Waals surface area contributed by atoms with Crippen LogP contribution < -0.4 is 5.32 Å². The molecule has 5 nitrogen and oxygen atoms in total. The lowest BCUT2D eigenvalue weighted by Gasteiger charge is -2.36. The minimum atomic E-state index is -0.894. The summed E-state index contributed by atoms with van der Waals surface area (Å²) in [5.41, 5.74) is 0. The average molecular weight is 298 g/mol. The quantitative estimate of drug-likeness (QED) is 0.759. The van der Waals surface area contributed by atoms with Crippen LogP contribution in [-0.2, 0) is 4.79 Å². The highest BCUT2D eigenvalue weighted by Crippen LogP contribution is 2.23. The first-order chi connectivity index (χ1) is 9.99. The highest BCUT2D eigenvalue weighted by atomic mass is 16.4. The maximum atomic E-state index is 12.3. The second-order valence-corrected chi connectivity index (χ2v) is 6.28. The predicted octanol–water partition coefficient (Wildman–Crippen LogP) is 3.10. The van der Waals surface area contributed by atoms with Gasteiger partial charge >= 0.3 is 12.0 Å². The molecule has 1 aliphatic rings. The van der Waals surface area contributed by atoms with Crippen LogP contribution in [0.2, 0.25) is 0 Å². The van der Waals surface area contributed by atoms with Gasteiger partial charge in [0.1, 0.15) is 6.04 Å². The zero-order chi connectivity index (χ0) is 15.8. The minimum absolute atomic E-state index is 0.218. The van der Waals surface area contributed by atoms with Crippen LogP contribution in [0.4, 0.5) is 4.79 Å². The van der Waals surface area contributed by atoms with E-state index in [4.69, 9.17) is 0 Å². The van der Waals surface area contributed by atoms with Crippen molar-refractivity contribution in [3.05, 3.63) is 0 Å². The third-order valence-corrected chi connectivity index (χ3v) is 4.50. The van der Waals surface area contributed by atoms with Crippen molar-refractivity contribution in [3.63, 3.8) is 0 Å². The van der Waals surface area contributed by atoms with Crippen LogP contribution in [0.3, 0.4) is 0 Å². The molecule has 1 heterocycles. The molecule has 5 heteroatoms. The summed E-state index contributed by atoms with van der Waals surface area (Å²) in [6, 6.07) is -0.895. The minimum Gasteiger partial charge on any atom is -0.480 e. The van der Waals surface area contributed by atoms with Gasteiger partial charge in [0.2, 0.25) is 0 Å². The lowest BCUT2D eigenvalue weighted by molar-refractivity contribution is -0.143. The van der Waals surface area contributed by atoms with Gasteiger partial charge in [0, 0.05) is 13.1 Å². The zero-order valence-corrected chi connectivity index (χ0v) is 13.6. The average Bonchev–Trinajstić information content (AvgIpc) is 2.47. The Morgan fingerprint density at radius 2 is 2.10 bits per heavy atom. The third-order valence-electron chi connectivity index (χ3n) is 4.50. The van der Waals surface area contributed by atoms with Gasteiger partial charge in [-0.05, 0) is 31.1 Å². The molecule has 1 fully saturated rings. The Kier molecular flexibility index (Phi) is 7.54. The van der Waals surface area contributed by atoms with E-state index in [1.807, 2.05) is 6.92 Å². The SMILES string of the molecule is CCCCC(CC)CNC(=O)N1CCC(C)CC1C(=O)O. The summed E-state index contributed by atoms with van der Waals surface area (Å²) in [7, 11) is 0. The largest absolute Gasteiger partial charge is 0.480 e. The lowest BCUT2D eigenvalue weighted by atomic mass is 9.92. The number of carbonyl (C=O) groups is 2. The van der Waals surface area contributed by atoms with Crippen molar-refractivity contribution in [2.24, 2.45) is 11.8 Å². The van der Waals surface area contributed by atoms with E-state index in [9.17, 15) is 14.7 Å². The molecule has 0 aliphatic carbocycles. The molecule has 0 aromatic rings. The summed E-state index contributed by atoms with van der Waals surface area (Å²) < 4.78 is 0. The van der Waals surface area contributed by atoms with E-state index >= 15 is 0 Å². The molecular weight excluding hydrogens is 268 g/mol. The monoisotopic (exact) mass is 298 g/mol. The molecule has 0 radical (unpaired) electrons. The van der Waals surface area contributed by atoms with Gasteiger partial charge in [-0.2, -0.15) is 0 Å². The van der Waals surface area contributed by atoms with E-state index in [1.165, 1.54) is 11.3 Å². The van der Waals surface area contributed by atoms with Crippen molar-refractivity contribution in [1.29, 1.82) is 0 Å². The van der Waals surface area contributed by atoms with Crippen LogP contribution in [0.1, 0.15) is 59.3 Å². The molecule has 0 spiro atoms. The van der Waals surface area contributed by atoms with Gasteiger partial charge in [-0.3, -0.25) is 0 Å². The number of hydrogen-bond donors (Lipinski definition) is 2. The summed E-state index contributed by atoms with van der Waals surface area (Å²) >= 11 is 0. The molecular formula is C16H30N2O3. The summed E-state index contributed by atoms with van der Waals surface area (Å²) in [6.07, 6.45) is 5.93. The summed E-state index contributed by atoms with van der Waals surface area (Å²) in [6.45, 7) is 7.53. The summed E-state index contributed by atoms with van der Waals surface area (Å²) in [4.78, 5) is 25.1. The molecule has 3 unspecified atom stereocenters. The number of piperidine rings is 1. The van der Waals surface area contributed by atoms with Gasteiger partial charge in [0.15, 0.2) is 0 Å². The number of hydrogen-bond acceptors (Lipinski definition) is 2. The first-order valence-corrected chi connectivity index (χ1v) is 8.26.